The van der Waals surface area contributed by atoms with Crippen LogP contribution in [0.2, 0.25) is 0 Å². The average molecular weight is 429 g/mol. The van der Waals surface area contributed by atoms with Gasteiger partial charge in [-0.1, -0.05) is 18.2 Å². The summed E-state index contributed by atoms with van der Waals surface area (Å²) in [6.07, 6.45) is -3.69. The van der Waals surface area contributed by atoms with Crippen molar-refractivity contribution in [3.05, 3.63) is 93.5 Å². The van der Waals surface area contributed by atoms with Gasteiger partial charge in [0.15, 0.2) is 11.1 Å². The van der Waals surface area contributed by atoms with Crippen LogP contribution in [0.4, 0.5) is 18.9 Å². The van der Waals surface area contributed by atoms with E-state index in [4.69, 9.17) is 4.42 Å². The number of hydrogen-bond donors (Lipinski definition) is 1. The second kappa shape index (κ2) is 7.31. The van der Waals surface area contributed by atoms with Crippen molar-refractivity contribution < 1.29 is 27.1 Å². The van der Waals surface area contributed by atoms with Crippen molar-refractivity contribution in [3.8, 4) is 5.69 Å². The first-order valence-electron chi connectivity index (χ1n) is 8.98. The van der Waals surface area contributed by atoms with Crippen molar-refractivity contribution in [2.45, 2.75) is 13.1 Å². The molecule has 0 saturated carbocycles. The van der Waals surface area contributed by atoms with Crippen LogP contribution in [0.1, 0.15) is 21.9 Å². The fourth-order valence-electron chi connectivity index (χ4n) is 3.19. The molecule has 31 heavy (non-hydrogen) atoms. The number of amides is 1. The smallest absolute Gasteiger partial charge is 0.449 e. The van der Waals surface area contributed by atoms with Gasteiger partial charge in [0, 0.05) is 24.7 Å². The van der Waals surface area contributed by atoms with Crippen molar-refractivity contribution in [3.63, 3.8) is 0 Å². The minimum atomic E-state index is -4.79. The first-order chi connectivity index (χ1) is 14.6. The van der Waals surface area contributed by atoms with Crippen LogP contribution < -0.4 is 15.5 Å². The molecule has 0 atom stereocenters. The lowest BCUT2D eigenvalue weighted by atomic mass is 10.2. The van der Waals surface area contributed by atoms with E-state index in [0.29, 0.717) is 22.2 Å². The van der Waals surface area contributed by atoms with Gasteiger partial charge in [-0.15, -0.1) is 0 Å². The van der Waals surface area contributed by atoms with Crippen LogP contribution in [0.15, 0.2) is 70.1 Å². The molecular formula is C21H14F3N3O4. The highest BCUT2D eigenvalue weighted by Gasteiger charge is 2.35. The molecule has 2 heterocycles. The molecule has 0 radical (unpaired) electrons. The number of halogens is 3. The van der Waals surface area contributed by atoms with E-state index >= 15 is 0 Å². The van der Waals surface area contributed by atoms with Gasteiger partial charge in [0.25, 0.3) is 12.2 Å². The van der Waals surface area contributed by atoms with E-state index in [1.54, 1.807) is 30.3 Å². The van der Waals surface area contributed by atoms with Gasteiger partial charge in [-0.2, -0.15) is 17.7 Å². The Balaban J connectivity index is 1.75. The normalized spacial score (nSPS) is 11.6. The largest absolute Gasteiger partial charge is 0.710 e. The number of aromatic nitrogens is 2. The summed E-state index contributed by atoms with van der Waals surface area (Å²) in [6, 6.07) is 12.8. The summed E-state index contributed by atoms with van der Waals surface area (Å²) in [6.45, 7) is 1.54. The zero-order valence-corrected chi connectivity index (χ0v) is 15.9. The molecule has 0 spiro atoms. The fraction of sp³-hybridized carbons (Fsp3) is 0.0952. The quantitative estimate of drug-likeness (QED) is 0.396. The van der Waals surface area contributed by atoms with E-state index in [0.717, 1.165) is 6.33 Å². The molecule has 1 N–H and O–H groups in total. The highest BCUT2D eigenvalue weighted by atomic mass is 19.4. The number of carbonyl (C=O) groups excluding carboxylic acids is 1. The Labute approximate surface area is 172 Å². The average Bonchev–Trinajstić information content (AvgIpc) is 3.02. The van der Waals surface area contributed by atoms with E-state index in [2.05, 4.69) is 5.32 Å². The number of alkyl halides is 3. The monoisotopic (exact) mass is 429 g/mol. The van der Waals surface area contributed by atoms with Gasteiger partial charge in [-0.05, 0) is 24.3 Å². The van der Waals surface area contributed by atoms with E-state index in [1.807, 2.05) is 0 Å². The van der Waals surface area contributed by atoms with Gasteiger partial charge in [0.05, 0.1) is 5.39 Å². The van der Waals surface area contributed by atoms with Gasteiger partial charge in [-0.3, -0.25) is 9.59 Å². The zero-order valence-electron chi connectivity index (χ0n) is 15.9. The highest BCUT2D eigenvalue weighted by Crippen LogP contribution is 2.30. The minimum absolute atomic E-state index is 0.0914. The Hall–Kier alpha value is -4.08. The Morgan fingerprint density at radius 1 is 1.13 bits per heavy atom. The van der Waals surface area contributed by atoms with E-state index < -0.39 is 23.3 Å². The van der Waals surface area contributed by atoms with Crippen molar-refractivity contribution in [1.82, 2.24) is 4.57 Å². The summed E-state index contributed by atoms with van der Waals surface area (Å²) in [4.78, 5) is 24.8. The molecule has 10 heteroatoms. The minimum Gasteiger partial charge on any atom is -0.710 e. The number of nitrogens with one attached hydrogen (secondary N) is 1. The Morgan fingerprint density at radius 2 is 1.84 bits per heavy atom. The molecule has 0 fully saturated rings. The molecule has 0 aliphatic rings. The molecule has 1 amide bonds. The maximum Gasteiger partial charge on any atom is 0.449 e. The first-order valence-corrected chi connectivity index (χ1v) is 8.98. The van der Waals surface area contributed by atoms with Gasteiger partial charge in [0.2, 0.25) is 11.5 Å². The standard InChI is InChI=1S/C21H14F3N3O4/c1-12-19(20(29)25-13-5-3-2-4-6-13)27(30)11-26(12)14-7-8-17-15(9-14)16(28)10-18(31-17)21(22,23)24/h2-11H,1H3,(H,25,29). The summed E-state index contributed by atoms with van der Waals surface area (Å²) in [7, 11) is 0. The Kier molecular flexibility index (Phi) is 4.77. The number of rotatable bonds is 3. The van der Waals surface area contributed by atoms with Gasteiger partial charge in [-0.25, -0.2) is 4.73 Å². The molecule has 0 aliphatic heterocycles. The topological polar surface area (TPSA) is 91.2 Å². The van der Waals surface area contributed by atoms with Crippen molar-refractivity contribution in [2.75, 3.05) is 5.32 Å². The van der Waals surface area contributed by atoms with Gasteiger partial charge in [0.1, 0.15) is 11.3 Å². The third kappa shape index (κ3) is 3.75. The summed E-state index contributed by atoms with van der Waals surface area (Å²) in [5, 5.41) is 14.9. The fourth-order valence-corrected chi connectivity index (χ4v) is 3.19. The van der Waals surface area contributed by atoms with Crippen LogP contribution in [0.25, 0.3) is 16.7 Å². The van der Waals surface area contributed by atoms with E-state index in [-0.39, 0.29) is 22.4 Å². The van der Waals surface area contributed by atoms with Crippen molar-refractivity contribution >= 4 is 22.6 Å². The number of anilines is 1. The summed E-state index contributed by atoms with van der Waals surface area (Å²) < 4.78 is 45.1. The molecule has 2 aromatic carbocycles. The molecule has 4 aromatic rings. The lowest BCUT2D eigenvalue weighted by molar-refractivity contribution is -0.606. The molecule has 2 aromatic heterocycles. The molecular weight excluding hydrogens is 415 g/mol. The van der Waals surface area contributed by atoms with Gasteiger partial charge < -0.3 is 14.9 Å². The third-order valence-electron chi connectivity index (χ3n) is 4.66. The van der Waals surface area contributed by atoms with E-state index in [1.165, 1.54) is 29.7 Å². The maximum atomic E-state index is 12.9. The highest BCUT2D eigenvalue weighted by molar-refractivity contribution is 6.02. The predicted octanol–water partition coefficient (Wildman–Crippen LogP) is 3.80. The lowest BCUT2D eigenvalue weighted by Crippen LogP contribution is -2.34. The number of fused-ring (bicyclic) bond motifs is 1. The van der Waals surface area contributed by atoms with Crippen LogP contribution >= 0.6 is 0 Å². The number of imidazole rings is 1. The second-order valence-electron chi connectivity index (χ2n) is 6.72. The van der Waals surface area contributed by atoms with Crippen molar-refractivity contribution in [1.29, 1.82) is 0 Å². The van der Waals surface area contributed by atoms with E-state index in [9.17, 15) is 28.0 Å². The molecule has 0 aliphatic carbocycles. The first kappa shape index (κ1) is 20.2. The van der Waals surface area contributed by atoms with Crippen LogP contribution in [0.3, 0.4) is 0 Å². The molecule has 158 valence electrons. The Bertz CT molecular complexity index is 1360. The zero-order chi connectivity index (χ0) is 22.3. The molecule has 0 bridgehead atoms. The molecule has 0 unspecified atom stereocenters. The number of hydrogen-bond acceptors (Lipinski definition) is 4. The number of para-hydroxylation sites is 1. The number of carbonyl (C=O) groups is 1. The second-order valence-corrected chi connectivity index (χ2v) is 6.72. The number of benzene rings is 2. The predicted molar refractivity (Wildman–Crippen MR) is 105 cm³/mol. The summed E-state index contributed by atoms with van der Waals surface area (Å²) >= 11 is 0. The molecule has 4 rings (SSSR count). The maximum absolute atomic E-state index is 12.9. The SMILES string of the molecule is Cc1c(C(=O)Nc2ccccc2)[n+]([O-])cn1-c1ccc2oc(C(F)(F)F)cc(=O)c2c1. The molecule has 0 saturated heterocycles. The van der Waals surface area contributed by atoms with Crippen LogP contribution in [-0.4, -0.2) is 10.5 Å². The van der Waals surface area contributed by atoms with Crippen LogP contribution in [0.5, 0.6) is 0 Å². The van der Waals surface area contributed by atoms with Crippen molar-refractivity contribution in [2.24, 2.45) is 0 Å². The molecule has 7 nitrogen and oxygen atoms in total. The number of nitrogens with zero attached hydrogens (tertiary/aromatic N) is 2. The summed E-state index contributed by atoms with van der Waals surface area (Å²) in [5.74, 6) is -2.03. The van der Waals surface area contributed by atoms with Crippen LogP contribution in [0, 0.1) is 12.1 Å². The Morgan fingerprint density at radius 3 is 2.52 bits per heavy atom. The lowest BCUT2D eigenvalue weighted by Gasteiger charge is -2.07. The van der Waals surface area contributed by atoms with Crippen LogP contribution in [-0.2, 0) is 6.18 Å². The van der Waals surface area contributed by atoms with Gasteiger partial charge >= 0.3 is 6.18 Å². The third-order valence-corrected chi connectivity index (χ3v) is 4.66. The summed E-state index contributed by atoms with van der Waals surface area (Å²) in [5.41, 5.74) is -0.200.